The van der Waals surface area contributed by atoms with E-state index in [9.17, 15) is 4.79 Å². The number of hydrazone groups is 1. The van der Waals surface area contributed by atoms with E-state index in [1.165, 1.54) is 0 Å². The fourth-order valence-corrected chi connectivity index (χ4v) is 5.94. The van der Waals surface area contributed by atoms with Crippen LogP contribution < -0.4 is 4.74 Å². The summed E-state index contributed by atoms with van der Waals surface area (Å²) in [4.78, 5) is 12.8. The molecule has 2 aromatic carbocycles. The summed E-state index contributed by atoms with van der Waals surface area (Å²) in [6, 6.07) is 11.7. The van der Waals surface area contributed by atoms with E-state index >= 15 is 0 Å². The predicted molar refractivity (Wildman–Crippen MR) is 122 cm³/mol. The Labute approximate surface area is 194 Å². The number of Topliss-reactive ketones (excluding diaryl/α,β-unsaturated/α-hetero) is 1. The zero-order chi connectivity index (χ0) is 21.3. The highest BCUT2D eigenvalue weighted by atomic mass is 79.9. The Balaban J connectivity index is 1.66. The first-order valence-corrected chi connectivity index (χ1v) is 11.5. The van der Waals surface area contributed by atoms with Crippen LogP contribution in [0.2, 0.25) is 10.0 Å². The first-order valence-electron chi connectivity index (χ1n) is 9.98. The molecule has 0 aromatic heterocycles. The number of rotatable bonds is 1. The minimum absolute atomic E-state index is 0.0784. The van der Waals surface area contributed by atoms with Gasteiger partial charge in [0.05, 0.1) is 23.2 Å². The van der Waals surface area contributed by atoms with Gasteiger partial charge in [0.25, 0.3) is 0 Å². The van der Waals surface area contributed by atoms with Crippen LogP contribution in [0.3, 0.4) is 0 Å². The standard InChI is InChI=1S/C23H21BrCl2N2O2/c1-22(2)10-16(29)11-23(12-22)28-20(17-7-15(25)8-18(26)21(17)30-23)9-19(27-28)13-3-5-14(24)6-4-13/h3-8,20H,9-12H2,1-2H3. The van der Waals surface area contributed by atoms with Crippen molar-refractivity contribution in [2.24, 2.45) is 10.5 Å². The fourth-order valence-electron chi connectivity index (χ4n) is 5.13. The van der Waals surface area contributed by atoms with Gasteiger partial charge in [-0.3, -0.25) is 4.79 Å². The summed E-state index contributed by atoms with van der Waals surface area (Å²) in [5.41, 5.74) is 1.91. The van der Waals surface area contributed by atoms with Crippen LogP contribution in [0.25, 0.3) is 0 Å². The Morgan fingerprint density at radius 1 is 1.17 bits per heavy atom. The first kappa shape index (κ1) is 20.3. The molecule has 2 aromatic rings. The number of nitrogens with zero attached hydrogens (tertiary/aromatic N) is 2. The number of benzene rings is 2. The van der Waals surface area contributed by atoms with Gasteiger partial charge in [-0.25, -0.2) is 5.01 Å². The average Bonchev–Trinajstić information content (AvgIpc) is 3.09. The summed E-state index contributed by atoms with van der Waals surface area (Å²) in [5.74, 6) is 0.811. The molecule has 7 heteroatoms. The molecule has 2 aliphatic heterocycles. The van der Waals surface area contributed by atoms with Gasteiger partial charge >= 0.3 is 0 Å². The fraction of sp³-hybridized carbons (Fsp3) is 0.391. The van der Waals surface area contributed by atoms with Crippen molar-refractivity contribution in [1.29, 1.82) is 0 Å². The molecule has 0 N–H and O–H groups in total. The quantitative estimate of drug-likeness (QED) is 0.427. The zero-order valence-electron chi connectivity index (χ0n) is 16.7. The Hall–Kier alpha value is -1.56. The van der Waals surface area contributed by atoms with Crippen molar-refractivity contribution >= 4 is 50.6 Å². The van der Waals surface area contributed by atoms with Crippen molar-refractivity contribution in [2.75, 3.05) is 0 Å². The highest BCUT2D eigenvalue weighted by Crippen LogP contribution is 2.55. The zero-order valence-corrected chi connectivity index (χ0v) is 19.8. The van der Waals surface area contributed by atoms with Crippen LogP contribution in [-0.4, -0.2) is 22.2 Å². The van der Waals surface area contributed by atoms with E-state index in [1.807, 2.05) is 23.2 Å². The summed E-state index contributed by atoms with van der Waals surface area (Å²) < 4.78 is 7.59. The molecule has 5 rings (SSSR count). The monoisotopic (exact) mass is 506 g/mol. The normalized spacial score (nSPS) is 26.8. The smallest absolute Gasteiger partial charge is 0.205 e. The molecule has 2 atom stereocenters. The number of ether oxygens (including phenoxy) is 1. The van der Waals surface area contributed by atoms with Crippen LogP contribution in [0.5, 0.6) is 5.75 Å². The van der Waals surface area contributed by atoms with E-state index in [4.69, 9.17) is 33.0 Å². The van der Waals surface area contributed by atoms with Gasteiger partial charge in [0, 0.05) is 34.3 Å². The van der Waals surface area contributed by atoms with Gasteiger partial charge in [-0.2, -0.15) is 5.10 Å². The van der Waals surface area contributed by atoms with Gasteiger partial charge in [-0.1, -0.05) is 65.1 Å². The maximum Gasteiger partial charge on any atom is 0.205 e. The van der Waals surface area contributed by atoms with Crippen molar-refractivity contribution in [2.45, 2.75) is 51.3 Å². The van der Waals surface area contributed by atoms with Crippen LogP contribution >= 0.6 is 39.1 Å². The van der Waals surface area contributed by atoms with E-state index in [1.54, 1.807) is 6.07 Å². The maximum atomic E-state index is 12.8. The first-order chi connectivity index (χ1) is 14.2. The number of fused-ring (bicyclic) bond motifs is 4. The molecule has 0 bridgehead atoms. The van der Waals surface area contributed by atoms with Crippen molar-refractivity contribution in [3.8, 4) is 5.75 Å². The molecule has 156 valence electrons. The Kier molecular flexibility index (Phi) is 4.73. The van der Waals surface area contributed by atoms with Crippen LogP contribution in [0, 0.1) is 5.41 Å². The number of ketones is 1. The summed E-state index contributed by atoms with van der Waals surface area (Å²) in [5, 5.41) is 8.07. The van der Waals surface area contributed by atoms with Crippen molar-refractivity contribution in [1.82, 2.24) is 5.01 Å². The summed E-state index contributed by atoms with van der Waals surface area (Å²) >= 11 is 16.4. The minimum atomic E-state index is -0.842. The number of carbonyl (C=O) groups is 1. The Bertz CT molecular complexity index is 1080. The van der Waals surface area contributed by atoms with Crippen molar-refractivity contribution < 1.29 is 9.53 Å². The molecule has 2 heterocycles. The molecular weight excluding hydrogens is 487 g/mol. The molecule has 1 spiro atoms. The van der Waals surface area contributed by atoms with Gasteiger partial charge in [-0.15, -0.1) is 0 Å². The van der Waals surface area contributed by atoms with Gasteiger partial charge in [-0.05, 0) is 35.2 Å². The summed E-state index contributed by atoms with van der Waals surface area (Å²) in [6.45, 7) is 4.22. The van der Waals surface area contributed by atoms with E-state index < -0.39 is 5.72 Å². The van der Waals surface area contributed by atoms with Crippen LogP contribution in [0.15, 0.2) is 46.0 Å². The van der Waals surface area contributed by atoms with E-state index in [-0.39, 0.29) is 17.2 Å². The van der Waals surface area contributed by atoms with Gasteiger partial charge in [0.1, 0.15) is 11.5 Å². The third-order valence-electron chi connectivity index (χ3n) is 6.10. The number of hydrogen-bond acceptors (Lipinski definition) is 4. The van der Waals surface area contributed by atoms with Gasteiger partial charge in [0.2, 0.25) is 5.72 Å². The van der Waals surface area contributed by atoms with Gasteiger partial charge in [0.15, 0.2) is 0 Å². The molecule has 30 heavy (non-hydrogen) atoms. The van der Waals surface area contributed by atoms with Crippen LogP contribution in [0.1, 0.15) is 56.7 Å². The van der Waals surface area contributed by atoms with E-state index in [0.29, 0.717) is 41.5 Å². The SMILES string of the molecule is CC1(C)CC(=O)CC2(C1)Oc1c(Cl)cc(Cl)cc1C1CC(c3ccc(Br)cc3)=NN12. The number of carbonyl (C=O) groups excluding carboxylic acids is 1. The van der Waals surface area contributed by atoms with Crippen molar-refractivity contribution in [3.05, 3.63) is 62.0 Å². The predicted octanol–water partition coefficient (Wildman–Crippen LogP) is 6.77. The molecule has 0 saturated heterocycles. The molecule has 3 aliphatic rings. The second-order valence-electron chi connectivity index (χ2n) is 9.21. The lowest BCUT2D eigenvalue weighted by atomic mass is 9.71. The molecular formula is C23H21BrCl2N2O2. The topological polar surface area (TPSA) is 41.9 Å². The van der Waals surface area contributed by atoms with Crippen molar-refractivity contribution in [3.63, 3.8) is 0 Å². The Morgan fingerprint density at radius 3 is 2.60 bits per heavy atom. The third-order valence-corrected chi connectivity index (χ3v) is 7.13. The highest BCUT2D eigenvalue weighted by Gasteiger charge is 2.56. The summed E-state index contributed by atoms with van der Waals surface area (Å²) in [7, 11) is 0. The lowest BCUT2D eigenvalue weighted by molar-refractivity contribution is -0.171. The minimum Gasteiger partial charge on any atom is -0.464 e. The number of hydrogen-bond donors (Lipinski definition) is 0. The largest absolute Gasteiger partial charge is 0.464 e. The van der Waals surface area contributed by atoms with E-state index in [0.717, 1.165) is 21.3 Å². The second kappa shape index (κ2) is 6.98. The highest BCUT2D eigenvalue weighted by molar-refractivity contribution is 9.10. The lowest BCUT2D eigenvalue weighted by Crippen LogP contribution is -2.59. The number of halogens is 3. The van der Waals surface area contributed by atoms with Crippen LogP contribution in [-0.2, 0) is 4.79 Å². The Morgan fingerprint density at radius 2 is 1.90 bits per heavy atom. The molecule has 1 fully saturated rings. The van der Waals surface area contributed by atoms with E-state index in [2.05, 4.69) is 41.9 Å². The second-order valence-corrected chi connectivity index (χ2v) is 11.0. The van der Waals surface area contributed by atoms with Gasteiger partial charge < -0.3 is 4.74 Å². The molecule has 0 amide bonds. The lowest BCUT2D eigenvalue weighted by Gasteiger charge is -2.52. The molecule has 0 radical (unpaired) electrons. The molecule has 4 nitrogen and oxygen atoms in total. The average molecular weight is 508 g/mol. The third kappa shape index (κ3) is 3.35. The molecule has 2 unspecified atom stereocenters. The van der Waals surface area contributed by atoms with Crippen LogP contribution in [0.4, 0.5) is 0 Å². The maximum absolute atomic E-state index is 12.8. The molecule has 1 saturated carbocycles. The summed E-state index contributed by atoms with van der Waals surface area (Å²) in [6.07, 6.45) is 2.23. The molecule has 1 aliphatic carbocycles.